The number of rotatable bonds is 4. The predicted octanol–water partition coefficient (Wildman–Crippen LogP) is 3.36. The molecule has 0 spiro atoms. The van der Waals surface area contributed by atoms with Crippen LogP contribution in [0.15, 0.2) is 30.5 Å². The summed E-state index contributed by atoms with van der Waals surface area (Å²) in [6, 6.07) is 6.74. The van der Waals surface area contributed by atoms with Gasteiger partial charge in [0.1, 0.15) is 5.75 Å². The molecule has 0 fully saturated rings. The van der Waals surface area contributed by atoms with Crippen LogP contribution in [0.5, 0.6) is 5.75 Å². The molecule has 0 saturated carbocycles. The lowest BCUT2D eigenvalue weighted by atomic mass is 10.1. The number of ether oxygens (including phenoxy) is 1. The molecule has 1 aliphatic heterocycles. The number of fused-ring (bicyclic) bond motifs is 1. The van der Waals surface area contributed by atoms with E-state index in [1.807, 2.05) is 32.0 Å². The summed E-state index contributed by atoms with van der Waals surface area (Å²) < 4.78 is 47.5. The lowest BCUT2D eigenvalue weighted by Gasteiger charge is -2.33. The summed E-state index contributed by atoms with van der Waals surface area (Å²) in [5.74, 6) is -0.635. The minimum atomic E-state index is -4.59. The molecule has 8 nitrogen and oxygen atoms in total. The normalized spacial score (nSPS) is 16.3. The van der Waals surface area contributed by atoms with Gasteiger partial charge in [-0.2, -0.15) is 18.3 Å². The van der Waals surface area contributed by atoms with Gasteiger partial charge in [-0.3, -0.25) is 4.79 Å². The topological polar surface area (TPSA) is 78.1 Å². The number of carbonyl (C=O) groups is 1. The molecule has 1 aromatic carbocycles. The van der Waals surface area contributed by atoms with Crippen molar-refractivity contribution in [2.45, 2.75) is 46.3 Å². The molecule has 1 aliphatic rings. The fourth-order valence-corrected chi connectivity index (χ4v) is 3.72. The number of alkyl halides is 3. The SMILES string of the molecule is Cc1cc(C)cc(OCn2ccc(C(=O)N3CCn4c(nnc4C(F)(F)F)C3C)n2)c1. The molecule has 3 aromatic rings. The molecule has 31 heavy (non-hydrogen) atoms. The lowest BCUT2D eigenvalue weighted by Crippen LogP contribution is -2.42. The van der Waals surface area contributed by atoms with E-state index in [2.05, 4.69) is 15.3 Å². The van der Waals surface area contributed by atoms with Crippen molar-refractivity contribution in [2.24, 2.45) is 0 Å². The molecule has 3 heterocycles. The fraction of sp³-hybridized carbons (Fsp3) is 0.400. The van der Waals surface area contributed by atoms with Gasteiger partial charge >= 0.3 is 6.18 Å². The van der Waals surface area contributed by atoms with E-state index in [9.17, 15) is 18.0 Å². The summed E-state index contributed by atoms with van der Waals surface area (Å²) in [4.78, 5) is 14.4. The van der Waals surface area contributed by atoms with Crippen molar-refractivity contribution in [3.8, 4) is 5.75 Å². The predicted molar refractivity (Wildman–Crippen MR) is 103 cm³/mol. The van der Waals surface area contributed by atoms with Gasteiger partial charge in [-0.05, 0) is 50.1 Å². The minimum Gasteiger partial charge on any atom is -0.471 e. The van der Waals surface area contributed by atoms with Gasteiger partial charge in [-0.1, -0.05) is 6.07 Å². The first-order chi connectivity index (χ1) is 14.6. The Bertz CT molecular complexity index is 1100. The van der Waals surface area contributed by atoms with Gasteiger partial charge in [0.2, 0.25) is 5.82 Å². The van der Waals surface area contributed by atoms with Crippen LogP contribution in [-0.4, -0.2) is 41.9 Å². The zero-order chi connectivity index (χ0) is 22.3. The standard InChI is InChI=1S/C20H21F3N6O2/c1-12-8-13(2)10-15(9-12)31-11-27-5-4-16(26-27)18(30)28-6-7-29-17(14(28)3)24-25-19(29)20(21,22)23/h4-5,8-10,14H,6-7,11H2,1-3H3. The van der Waals surface area contributed by atoms with E-state index in [0.29, 0.717) is 5.75 Å². The van der Waals surface area contributed by atoms with Crippen LogP contribution in [0.3, 0.4) is 0 Å². The molecule has 0 bridgehead atoms. The monoisotopic (exact) mass is 434 g/mol. The second-order valence-corrected chi connectivity index (χ2v) is 7.54. The molecule has 1 atom stereocenters. The maximum absolute atomic E-state index is 13.1. The summed E-state index contributed by atoms with van der Waals surface area (Å²) in [6.45, 7) is 5.75. The zero-order valence-corrected chi connectivity index (χ0v) is 17.2. The van der Waals surface area contributed by atoms with Crippen molar-refractivity contribution in [1.82, 2.24) is 29.4 Å². The van der Waals surface area contributed by atoms with Crippen LogP contribution in [0.4, 0.5) is 13.2 Å². The van der Waals surface area contributed by atoms with Crippen LogP contribution < -0.4 is 4.74 Å². The van der Waals surface area contributed by atoms with Gasteiger partial charge in [0.25, 0.3) is 5.91 Å². The number of nitrogens with zero attached hydrogens (tertiary/aromatic N) is 6. The Morgan fingerprint density at radius 1 is 1.16 bits per heavy atom. The zero-order valence-electron chi connectivity index (χ0n) is 17.2. The first-order valence-electron chi connectivity index (χ1n) is 9.69. The Labute approximate surface area is 176 Å². The summed E-state index contributed by atoms with van der Waals surface area (Å²) in [6.07, 6.45) is -2.97. The number of amides is 1. The van der Waals surface area contributed by atoms with Crippen LogP contribution in [-0.2, 0) is 19.5 Å². The molecule has 164 valence electrons. The van der Waals surface area contributed by atoms with Crippen LogP contribution in [0.25, 0.3) is 0 Å². The molecule has 11 heteroatoms. The number of hydrogen-bond donors (Lipinski definition) is 0. The number of aryl methyl sites for hydroxylation is 2. The number of hydrogen-bond acceptors (Lipinski definition) is 5. The first-order valence-corrected chi connectivity index (χ1v) is 9.69. The fourth-order valence-electron chi connectivity index (χ4n) is 3.72. The summed E-state index contributed by atoms with van der Waals surface area (Å²) in [7, 11) is 0. The largest absolute Gasteiger partial charge is 0.471 e. The third-order valence-corrected chi connectivity index (χ3v) is 5.12. The Kier molecular flexibility index (Phi) is 5.19. The van der Waals surface area contributed by atoms with Gasteiger partial charge in [0, 0.05) is 19.3 Å². The number of halogens is 3. The smallest absolute Gasteiger partial charge is 0.451 e. The Morgan fingerprint density at radius 3 is 2.55 bits per heavy atom. The maximum atomic E-state index is 13.1. The summed E-state index contributed by atoms with van der Waals surface area (Å²) in [5.41, 5.74) is 2.33. The van der Waals surface area contributed by atoms with Gasteiger partial charge in [-0.15, -0.1) is 10.2 Å². The van der Waals surface area contributed by atoms with Crippen LogP contribution in [0.2, 0.25) is 0 Å². The second-order valence-electron chi connectivity index (χ2n) is 7.54. The number of carbonyl (C=O) groups excluding carboxylic acids is 1. The summed E-state index contributed by atoms with van der Waals surface area (Å²) in [5, 5.41) is 11.2. The molecule has 4 rings (SSSR count). The third-order valence-electron chi connectivity index (χ3n) is 5.12. The lowest BCUT2D eigenvalue weighted by molar-refractivity contribution is -0.148. The van der Waals surface area contributed by atoms with Crippen molar-refractivity contribution in [3.63, 3.8) is 0 Å². The molecule has 0 radical (unpaired) electrons. The van der Waals surface area contributed by atoms with Crippen molar-refractivity contribution in [1.29, 1.82) is 0 Å². The molecule has 1 amide bonds. The quantitative estimate of drug-likeness (QED) is 0.629. The van der Waals surface area contributed by atoms with Crippen molar-refractivity contribution in [3.05, 3.63) is 58.9 Å². The van der Waals surface area contributed by atoms with E-state index < -0.39 is 18.0 Å². The average Bonchev–Trinajstić information content (AvgIpc) is 3.33. The molecule has 2 aromatic heterocycles. The molecular formula is C20H21F3N6O2. The van der Waals surface area contributed by atoms with Crippen LogP contribution in [0, 0.1) is 13.8 Å². The highest BCUT2D eigenvalue weighted by Gasteiger charge is 2.42. The highest BCUT2D eigenvalue weighted by Crippen LogP contribution is 2.33. The van der Waals surface area contributed by atoms with Gasteiger partial charge in [-0.25, -0.2) is 4.68 Å². The Morgan fingerprint density at radius 2 is 1.87 bits per heavy atom. The van der Waals surface area contributed by atoms with Crippen molar-refractivity contribution < 1.29 is 22.7 Å². The van der Waals surface area contributed by atoms with E-state index in [1.165, 1.54) is 9.58 Å². The van der Waals surface area contributed by atoms with Gasteiger partial charge in [0.05, 0.1) is 6.04 Å². The van der Waals surface area contributed by atoms with Crippen LogP contribution in [0.1, 0.15) is 46.2 Å². The molecule has 0 saturated heterocycles. The van der Waals surface area contributed by atoms with E-state index in [0.717, 1.165) is 15.7 Å². The van der Waals surface area contributed by atoms with E-state index in [4.69, 9.17) is 4.74 Å². The van der Waals surface area contributed by atoms with Crippen molar-refractivity contribution in [2.75, 3.05) is 6.54 Å². The highest BCUT2D eigenvalue weighted by atomic mass is 19.4. The Balaban J connectivity index is 1.46. The van der Waals surface area contributed by atoms with E-state index >= 15 is 0 Å². The second kappa shape index (κ2) is 7.71. The number of benzene rings is 1. The minimum absolute atomic E-state index is 0.0379. The average molecular weight is 434 g/mol. The highest BCUT2D eigenvalue weighted by molar-refractivity contribution is 5.92. The molecule has 0 N–H and O–H groups in total. The maximum Gasteiger partial charge on any atom is 0.451 e. The molecular weight excluding hydrogens is 413 g/mol. The molecule has 0 aliphatic carbocycles. The van der Waals surface area contributed by atoms with E-state index in [1.54, 1.807) is 19.2 Å². The van der Waals surface area contributed by atoms with Gasteiger partial charge < -0.3 is 14.2 Å². The third kappa shape index (κ3) is 4.12. The van der Waals surface area contributed by atoms with E-state index in [-0.39, 0.29) is 37.2 Å². The Hall–Kier alpha value is -3.37. The number of aromatic nitrogens is 5. The first kappa shape index (κ1) is 20.9. The summed E-state index contributed by atoms with van der Waals surface area (Å²) >= 11 is 0. The van der Waals surface area contributed by atoms with Crippen molar-refractivity contribution >= 4 is 5.91 Å². The molecule has 1 unspecified atom stereocenters. The van der Waals surface area contributed by atoms with Gasteiger partial charge in [0.15, 0.2) is 18.2 Å². The van der Waals surface area contributed by atoms with Crippen LogP contribution >= 0.6 is 0 Å².